The quantitative estimate of drug-likeness (QED) is 0.584. The molecule has 6 nitrogen and oxygen atoms in total. The number of rotatable bonds is 5. The van der Waals surface area contributed by atoms with Gasteiger partial charge in [0.1, 0.15) is 5.49 Å². The maximum Gasteiger partial charge on any atom is 0.329 e. The summed E-state index contributed by atoms with van der Waals surface area (Å²) in [6, 6.07) is 11.8. The number of benzene rings is 2. The van der Waals surface area contributed by atoms with Crippen LogP contribution in [-0.4, -0.2) is 23.4 Å². The molecule has 0 spiro atoms. The summed E-state index contributed by atoms with van der Waals surface area (Å²) in [5.74, 6) is 1.26. The number of halogens is 1. The second-order valence-electron chi connectivity index (χ2n) is 7.40. The lowest BCUT2D eigenvalue weighted by Crippen LogP contribution is -2.38. The van der Waals surface area contributed by atoms with Gasteiger partial charge in [-0.25, -0.2) is 9.79 Å². The Hall–Kier alpha value is -2.99. The molecule has 7 heteroatoms. The number of methoxy groups -OCH3 is 2. The first-order valence-electron chi connectivity index (χ1n) is 9.96. The van der Waals surface area contributed by atoms with Crippen molar-refractivity contribution in [2.75, 3.05) is 14.2 Å². The lowest BCUT2D eigenvalue weighted by atomic mass is 10.1. The Morgan fingerprint density at radius 3 is 2.10 bits per heavy atom. The van der Waals surface area contributed by atoms with Crippen LogP contribution in [0.5, 0.6) is 11.5 Å². The van der Waals surface area contributed by atoms with E-state index in [4.69, 9.17) is 14.5 Å². The molecule has 1 heterocycles. The zero-order chi connectivity index (χ0) is 22.0. The van der Waals surface area contributed by atoms with Gasteiger partial charge in [-0.15, -0.1) is 12.4 Å². The molecule has 31 heavy (non-hydrogen) atoms. The van der Waals surface area contributed by atoms with Crippen molar-refractivity contribution in [3.8, 4) is 22.8 Å². The van der Waals surface area contributed by atoms with Crippen LogP contribution in [0.15, 0.2) is 46.2 Å². The van der Waals surface area contributed by atoms with Crippen LogP contribution in [0.4, 0.5) is 5.69 Å². The zero-order valence-electron chi connectivity index (χ0n) is 19.1. The normalized spacial score (nSPS) is 11.3. The van der Waals surface area contributed by atoms with E-state index in [1.165, 1.54) is 5.56 Å². The fourth-order valence-corrected chi connectivity index (χ4v) is 3.79. The molecule has 166 valence electrons. The molecule has 0 unspecified atom stereocenters. The van der Waals surface area contributed by atoms with Gasteiger partial charge in [-0.3, -0.25) is 9.13 Å². The standard InChI is InChI=1S/C24H29N3O3.ClH/c1-8-27-19(18-9-10-20(29-6)21(13-18)30-7)14-22(26(5)24(27)28)25-23-16(3)11-15(2)12-17(23)4;/h9-14H,8H2,1-7H3;1H. The molecule has 0 saturated heterocycles. The van der Waals surface area contributed by atoms with Gasteiger partial charge < -0.3 is 9.47 Å². The minimum Gasteiger partial charge on any atom is -0.493 e. The molecule has 0 aliphatic heterocycles. The Balaban J connectivity index is 0.00000341. The van der Waals surface area contributed by atoms with Gasteiger partial charge in [0.2, 0.25) is 0 Å². The van der Waals surface area contributed by atoms with Crippen molar-refractivity contribution in [2.24, 2.45) is 12.0 Å². The average Bonchev–Trinajstić information content (AvgIpc) is 2.72. The van der Waals surface area contributed by atoms with Gasteiger partial charge in [0.15, 0.2) is 11.5 Å². The van der Waals surface area contributed by atoms with Crippen molar-refractivity contribution in [1.82, 2.24) is 9.13 Å². The molecule has 0 saturated carbocycles. The van der Waals surface area contributed by atoms with Gasteiger partial charge in [0, 0.05) is 25.2 Å². The molecule has 0 fully saturated rings. The van der Waals surface area contributed by atoms with Crippen LogP contribution in [0, 0.1) is 20.8 Å². The summed E-state index contributed by atoms with van der Waals surface area (Å²) < 4.78 is 14.1. The van der Waals surface area contributed by atoms with Crippen LogP contribution in [0.25, 0.3) is 11.3 Å². The van der Waals surface area contributed by atoms with Gasteiger partial charge in [0.05, 0.1) is 25.6 Å². The first kappa shape index (κ1) is 24.3. The van der Waals surface area contributed by atoms with E-state index in [9.17, 15) is 4.79 Å². The third-order valence-corrected chi connectivity index (χ3v) is 5.28. The van der Waals surface area contributed by atoms with E-state index in [2.05, 4.69) is 19.1 Å². The van der Waals surface area contributed by atoms with Crippen LogP contribution < -0.4 is 20.7 Å². The van der Waals surface area contributed by atoms with Crippen LogP contribution in [0.3, 0.4) is 0 Å². The molecule has 3 aromatic rings. The van der Waals surface area contributed by atoms with Crippen molar-refractivity contribution in [3.63, 3.8) is 0 Å². The molecule has 0 atom stereocenters. The molecule has 0 amide bonds. The number of hydrogen-bond donors (Lipinski definition) is 0. The number of aromatic nitrogens is 2. The number of ether oxygens (including phenoxy) is 2. The maximum atomic E-state index is 13.1. The van der Waals surface area contributed by atoms with Crippen molar-refractivity contribution in [2.45, 2.75) is 34.2 Å². The van der Waals surface area contributed by atoms with E-state index in [-0.39, 0.29) is 18.1 Å². The first-order chi connectivity index (χ1) is 14.3. The summed E-state index contributed by atoms with van der Waals surface area (Å²) in [5, 5.41) is 0. The van der Waals surface area contributed by atoms with Crippen molar-refractivity contribution < 1.29 is 9.47 Å². The fraction of sp³-hybridized carbons (Fsp3) is 0.333. The monoisotopic (exact) mass is 443 g/mol. The van der Waals surface area contributed by atoms with Crippen LogP contribution >= 0.6 is 12.4 Å². The van der Waals surface area contributed by atoms with Gasteiger partial charge >= 0.3 is 5.69 Å². The Morgan fingerprint density at radius 2 is 1.55 bits per heavy atom. The summed E-state index contributed by atoms with van der Waals surface area (Å²) in [4.78, 5) is 18.0. The lowest BCUT2D eigenvalue weighted by Gasteiger charge is -2.16. The van der Waals surface area contributed by atoms with E-state index in [0.29, 0.717) is 23.5 Å². The van der Waals surface area contributed by atoms with Crippen LogP contribution in [0.2, 0.25) is 0 Å². The highest BCUT2D eigenvalue weighted by molar-refractivity contribution is 5.85. The minimum atomic E-state index is -0.119. The summed E-state index contributed by atoms with van der Waals surface area (Å²) in [5.41, 5.74) is 6.38. The minimum absolute atomic E-state index is 0. The van der Waals surface area contributed by atoms with Crippen LogP contribution in [0.1, 0.15) is 23.6 Å². The highest BCUT2D eigenvalue weighted by atomic mass is 35.5. The van der Waals surface area contributed by atoms with Gasteiger partial charge in [-0.2, -0.15) is 0 Å². The van der Waals surface area contributed by atoms with Crippen molar-refractivity contribution in [1.29, 1.82) is 0 Å². The third kappa shape index (κ3) is 4.69. The summed E-state index contributed by atoms with van der Waals surface area (Å²) in [7, 11) is 4.96. The average molecular weight is 444 g/mol. The third-order valence-electron chi connectivity index (χ3n) is 5.28. The predicted octanol–water partition coefficient (Wildman–Crippen LogP) is 4.47. The highest BCUT2D eigenvalue weighted by Crippen LogP contribution is 2.31. The first-order valence-corrected chi connectivity index (χ1v) is 9.96. The highest BCUT2D eigenvalue weighted by Gasteiger charge is 2.13. The molecular formula is C24H30ClN3O3. The van der Waals surface area contributed by atoms with Crippen molar-refractivity contribution in [3.05, 3.63) is 69.1 Å². The predicted molar refractivity (Wildman–Crippen MR) is 127 cm³/mol. The van der Waals surface area contributed by atoms with Gasteiger partial charge in [-0.1, -0.05) is 17.7 Å². The Bertz CT molecular complexity index is 1200. The second-order valence-corrected chi connectivity index (χ2v) is 7.40. The van der Waals surface area contributed by atoms with E-state index in [1.807, 2.05) is 45.0 Å². The molecule has 1 aromatic heterocycles. The van der Waals surface area contributed by atoms with E-state index in [0.717, 1.165) is 28.1 Å². The van der Waals surface area contributed by atoms with E-state index >= 15 is 0 Å². The summed E-state index contributed by atoms with van der Waals surface area (Å²) in [6.07, 6.45) is 0. The maximum absolute atomic E-state index is 13.1. The Morgan fingerprint density at radius 1 is 0.935 bits per heavy atom. The Labute approximate surface area is 189 Å². The SMILES string of the molecule is CCn1c(-c2ccc(OC)c(OC)c2)cc(=Nc2c(C)cc(C)cc2C)n(C)c1=O.Cl. The number of aryl methyl sites for hydroxylation is 3. The molecule has 3 rings (SSSR count). The topological polar surface area (TPSA) is 57.8 Å². The largest absolute Gasteiger partial charge is 0.493 e. The van der Waals surface area contributed by atoms with Gasteiger partial charge in [-0.05, 0) is 57.0 Å². The molecule has 0 aliphatic rings. The lowest BCUT2D eigenvalue weighted by molar-refractivity contribution is 0.355. The fourth-order valence-electron chi connectivity index (χ4n) is 3.79. The van der Waals surface area contributed by atoms with E-state index in [1.54, 1.807) is 30.4 Å². The van der Waals surface area contributed by atoms with Gasteiger partial charge in [0.25, 0.3) is 0 Å². The Kier molecular flexibility index (Phi) is 7.74. The number of nitrogens with zero attached hydrogens (tertiary/aromatic N) is 3. The smallest absolute Gasteiger partial charge is 0.329 e. The summed E-state index contributed by atoms with van der Waals surface area (Å²) >= 11 is 0. The van der Waals surface area contributed by atoms with Crippen molar-refractivity contribution >= 4 is 18.1 Å². The summed E-state index contributed by atoms with van der Waals surface area (Å²) in [6.45, 7) is 8.65. The molecule has 2 aromatic carbocycles. The van der Waals surface area contributed by atoms with E-state index < -0.39 is 0 Å². The van der Waals surface area contributed by atoms with Crippen LogP contribution in [-0.2, 0) is 13.6 Å². The molecule has 0 aliphatic carbocycles. The molecular weight excluding hydrogens is 414 g/mol. The molecule has 0 radical (unpaired) electrons. The second kappa shape index (κ2) is 9.88. The molecule has 0 bridgehead atoms. The zero-order valence-corrected chi connectivity index (χ0v) is 20.0. The number of hydrogen-bond acceptors (Lipinski definition) is 4. The molecule has 0 N–H and O–H groups in total.